The molecule has 5 N–H and O–H groups in total. The van der Waals surface area contributed by atoms with Gasteiger partial charge in [0.25, 0.3) is 0 Å². The van der Waals surface area contributed by atoms with E-state index in [9.17, 15) is 27.9 Å². The number of aliphatic carboxylic acids is 1. The smallest absolute Gasteiger partial charge is 0.490 e. The molecule has 252 valence electrons. The number of aryl methyl sites for hydroxylation is 2. The average molecular weight is 663 g/mol. The first-order chi connectivity index (χ1) is 22.7. The number of phenolic OH excluding ortho intramolecular Hbond substituents is 1. The summed E-state index contributed by atoms with van der Waals surface area (Å²) in [5.41, 5.74) is 14.2. The van der Waals surface area contributed by atoms with Crippen LogP contribution in [0.1, 0.15) is 58.7 Å². The number of nitrogens with zero attached hydrogens (tertiary/aromatic N) is 2. The molecule has 4 aromatic rings. The first-order valence-electron chi connectivity index (χ1n) is 15.6. The highest BCUT2D eigenvalue weighted by Gasteiger charge is 2.39. The molecule has 0 spiro atoms. The van der Waals surface area contributed by atoms with Gasteiger partial charge in [-0.1, -0.05) is 30.3 Å². The Hall–Kier alpha value is -4.97. The number of alkyl halides is 3. The van der Waals surface area contributed by atoms with Gasteiger partial charge in [0, 0.05) is 29.7 Å². The van der Waals surface area contributed by atoms with Crippen molar-refractivity contribution in [2.75, 3.05) is 11.4 Å². The number of para-hydroxylation sites is 1. The molecule has 48 heavy (non-hydrogen) atoms. The lowest BCUT2D eigenvalue weighted by Crippen LogP contribution is -2.47. The molecule has 0 unspecified atom stereocenters. The van der Waals surface area contributed by atoms with Crippen LogP contribution in [0.3, 0.4) is 0 Å². The highest BCUT2D eigenvalue weighted by Crippen LogP contribution is 2.39. The molecule has 2 amide bonds. The van der Waals surface area contributed by atoms with Crippen molar-refractivity contribution in [3.8, 4) is 5.75 Å². The molecule has 2 atom stereocenters. The zero-order chi connectivity index (χ0) is 34.7. The number of hydrogen-bond donors (Lipinski definition) is 4. The second-order valence-corrected chi connectivity index (χ2v) is 12.4. The molecular formula is C36H37F3N4O5. The van der Waals surface area contributed by atoms with Crippen molar-refractivity contribution in [2.24, 2.45) is 11.7 Å². The Labute approximate surface area is 275 Å². The Bertz CT molecular complexity index is 1830. The second kappa shape index (κ2) is 14.0. The van der Waals surface area contributed by atoms with E-state index in [1.54, 1.807) is 12.1 Å². The van der Waals surface area contributed by atoms with Gasteiger partial charge in [0.2, 0.25) is 11.8 Å². The summed E-state index contributed by atoms with van der Waals surface area (Å²) in [5.74, 6) is -2.48. The highest BCUT2D eigenvalue weighted by molar-refractivity contribution is 5.98. The van der Waals surface area contributed by atoms with Gasteiger partial charge in [-0.25, -0.2) is 4.79 Å². The van der Waals surface area contributed by atoms with Gasteiger partial charge >= 0.3 is 12.1 Å². The fourth-order valence-electron chi connectivity index (χ4n) is 6.04. The first-order valence-corrected chi connectivity index (χ1v) is 15.6. The van der Waals surface area contributed by atoms with Gasteiger partial charge in [-0.15, -0.1) is 0 Å². The molecule has 1 saturated carbocycles. The molecule has 1 fully saturated rings. The van der Waals surface area contributed by atoms with Crippen LogP contribution in [0.15, 0.2) is 66.9 Å². The summed E-state index contributed by atoms with van der Waals surface area (Å²) >= 11 is 0. The predicted octanol–water partition coefficient (Wildman–Crippen LogP) is 5.66. The van der Waals surface area contributed by atoms with E-state index in [1.807, 2.05) is 49.2 Å². The lowest BCUT2D eigenvalue weighted by atomic mass is 9.91. The largest absolute Gasteiger partial charge is 0.508 e. The Kier molecular flexibility index (Phi) is 10.0. The second-order valence-electron chi connectivity index (χ2n) is 12.4. The standard InChI is InChI=1S/C34H36N4O3.C2HF3O2/c1-20-13-26(39)14-21(2)27(20)18-29(35)33(40)37-31-11-12-38(34(41)24-8-9-24)32-10-7-22(17-28(31)32)15-23-16-25-5-3-4-6-30(25)36-19-23;3-2(4,5)1(6)7/h3-7,10,13-14,16-17,19,24,29,31,39H,8-9,11-12,15,18,35H2,1-2H3,(H,37,40);(H,6,7)/t29-,31+;/m0./s1. The minimum atomic E-state index is -5.08. The third kappa shape index (κ3) is 8.11. The molecule has 2 heterocycles. The van der Waals surface area contributed by atoms with Crippen molar-refractivity contribution in [1.29, 1.82) is 0 Å². The SMILES string of the molecule is Cc1cc(O)cc(C)c1C[C@H](N)C(=O)N[C@@H]1CCN(C(=O)C2CC2)c2ccc(Cc3cnc4ccccc4c3)cc21.O=C(O)C(F)(F)F. The van der Waals surface area contributed by atoms with Crippen LogP contribution in [-0.2, 0) is 27.2 Å². The van der Waals surface area contributed by atoms with Gasteiger partial charge < -0.3 is 26.2 Å². The number of nitrogens with one attached hydrogen (secondary N) is 1. The van der Waals surface area contributed by atoms with Crippen LogP contribution in [0.5, 0.6) is 5.75 Å². The van der Waals surface area contributed by atoms with E-state index < -0.39 is 18.2 Å². The number of carboxylic acids is 1. The Morgan fingerprint density at radius 3 is 2.31 bits per heavy atom. The number of carbonyl (C=O) groups is 3. The van der Waals surface area contributed by atoms with E-state index in [-0.39, 0.29) is 29.5 Å². The zero-order valence-electron chi connectivity index (χ0n) is 26.6. The first kappa shape index (κ1) is 34.4. The normalized spacial score (nSPS) is 16.4. The summed E-state index contributed by atoms with van der Waals surface area (Å²) in [4.78, 5) is 41.9. The Balaban J connectivity index is 0.000000582. The number of rotatable bonds is 7. The zero-order valence-corrected chi connectivity index (χ0v) is 26.6. The molecular weight excluding hydrogens is 625 g/mol. The van der Waals surface area contributed by atoms with Crippen LogP contribution >= 0.6 is 0 Å². The van der Waals surface area contributed by atoms with Crippen LogP contribution in [0.25, 0.3) is 10.9 Å². The Morgan fingerprint density at radius 2 is 1.67 bits per heavy atom. The van der Waals surface area contributed by atoms with Gasteiger partial charge in [-0.3, -0.25) is 14.6 Å². The minimum Gasteiger partial charge on any atom is -0.508 e. The number of anilines is 1. The lowest BCUT2D eigenvalue weighted by molar-refractivity contribution is -0.192. The van der Waals surface area contributed by atoms with E-state index in [0.717, 1.165) is 62.8 Å². The van der Waals surface area contributed by atoms with Gasteiger partial charge in [-0.2, -0.15) is 13.2 Å². The number of carbonyl (C=O) groups excluding carboxylic acids is 2. The number of phenols is 1. The monoisotopic (exact) mass is 662 g/mol. The number of pyridine rings is 1. The highest BCUT2D eigenvalue weighted by atomic mass is 19.4. The topological polar surface area (TPSA) is 146 Å². The number of hydrogen-bond acceptors (Lipinski definition) is 6. The number of amides is 2. The molecule has 0 bridgehead atoms. The van der Waals surface area contributed by atoms with Crippen LogP contribution in [-0.4, -0.2) is 51.7 Å². The summed E-state index contributed by atoms with van der Waals surface area (Å²) < 4.78 is 31.7. The molecule has 0 saturated heterocycles. The lowest BCUT2D eigenvalue weighted by Gasteiger charge is -2.35. The van der Waals surface area contributed by atoms with Crippen molar-refractivity contribution in [3.05, 3.63) is 100 Å². The van der Waals surface area contributed by atoms with Gasteiger partial charge in [0.05, 0.1) is 17.6 Å². The van der Waals surface area contributed by atoms with E-state index >= 15 is 0 Å². The van der Waals surface area contributed by atoms with Crippen molar-refractivity contribution < 1.29 is 37.8 Å². The summed E-state index contributed by atoms with van der Waals surface area (Å²) in [6.07, 6.45) is 0.427. The molecule has 1 aromatic heterocycles. The summed E-state index contributed by atoms with van der Waals surface area (Å²) in [7, 11) is 0. The number of halogens is 3. The average Bonchev–Trinajstić information content (AvgIpc) is 3.88. The number of carboxylic acid groups (broad SMARTS) is 1. The number of benzene rings is 3. The maximum atomic E-state index is 13.4. The van der Waals surface area contributed by atoms with E-state index in [2.05, 4.69) is 34.6 Å². The molecule has 2 aliphatic rings. The van der Waals surface area contributed by atoms with Crippen molar-refractivity contribution in [1.82, 2.24) is 10.3 Å². The van der Waals surface area contributed by atoms with Gasteiger partial charge in [0.1, 0.15) is 5.75 Å². The summed E-state index contributed by atoms with van der Waals surface area (Å²) in [6.45, 7) is 4.40. The fraction of sp³-hybridized carbons (Fsp3) is 0.333. The van der Waals surface area contributed by atoms with Crippen molar-refractivity contribution in [3.63, 3.8) is 0 Å². The molecule has 1 aliphatic heterocycles. The summed E-state index contributed by atoms with van der Waals surface area (Å²) in [6, 6.07) is 18.9. The molecule has 12 heteroatoms. The fourth-order valence-corrected chi connectivity index (χ4v) is 6.04. The third-order valence-corrected chi connectivity index (χ3v) is 8.65. The predicted molar refractivity (Wildman–Crippen MR) is 175 cm³/mol. The number of aromatic hydroxyl groups is 1. The maximum absolute atomic E-state index is 13.4. The Morgan fingerprint density at radius 1 is 1.00 bits per heavy atom. The number of aromatic nitrogens is 1. The van der Waals surface area contributed by atoms with Crippen LogP contribution < -0.4 is 16.0 Å². The van der Waals surface area contributed by atoms with Crippen LogP contribution in [0, 0.1) is 19.8 Å². The molecule has 0 radical (unpaired) electrons. The number of fused-ring (bicyclic) bond motifs is 2. The summed E-state index contributed by atoms with van der Waals surface area (Å²) in [5, 5.41) is 21.3. The van der Waals surface area contributed by atoms with Crippen LogP contribution in [0.2, 0.25) is 0 Å². The molecule has 6 rings (SSSR count). The van der Waals surface area contributed by atoms with E-state index in [4.69, 9.17) is 15.6 Å². The van der Waals surface area contributed by atoms with Gasteiger partial charge in [-0.05, 0) is 110 Å². The van der Waals surface area contributed by atoms with E-state index in [1.165, 1.54) is 0 Å². The molecule has 3 aromatic carbocycles. The maximum Gasteiger partial charge on any atom is 0.490 e. The van der Waals surface area contributed by atoms with Crippen molar-refractivity contribution in [2.45, 2.75) is 64.2 Å². The third-order valence-electron chi connectivity index (χ3n) is 8.65. The minimum absolute atomic E-state index is 0.113. The molecule has 9 nitrogen and oxygen atoms in total. The quantitative estimate of drug-likeness (QED) is 0.200. The van der Waals surface area contributed by atoms with Crippen molar-refractivity contribution >= 4 is 34.4 Å². The van der Waals surface area contributed by atoms with Gasteiger partial charge in [0.15, 0.2) is 0 Å². The number of nitrogens with two attached hydrogens (primary N) is 1. The molecule has 1 aliphatic carbocycles. The van der Waals surface area contributed by atoms with Crippen LogP contribution in [0.4, 0.5) is 18.9 Å². The van der Waals surface area contributed by atoms with E-state index in [0.29, 0.717) is 25.8 Å².